The first-order valence-electron chi connectivity index (χ1n) is 7.75. The summed E-state index contributed by atoms with van der Waals surface area (Å²) in [7, 11) is 0. The molecular formula is C19H21NO2. The van der Waals surface area contributed by atoms with Gasteiger partial charge in [-0.1, -0.05) is 60.7 Å². The van der Waals surface area contributed by atoms with Crippen LogP contribution in [0.3, 0.4) is 0 Å². The largest absolute Gasteiger partial charge is 0.460 e. The van der Waals surface area contributed by atoms with Crippen molar-refractivity contribution in [2.45, 2.75) is 25.5 Å². The fraction of sp³-hybridized carbons (Fsp3) is 0.316. The molecule has 3 nitrogen and oxygen atoms in total. The maximum atomic E-state index is 11.9. The van der Waals surface area contributed by atoms with Crippen molar-refractivity contribution in [3.05, 3.63) is 71.8 Å². The van der Waals surface area contributed by atoms with E-state index in [2.05, 4.69) is 36.1 Å². The van der Waals surface area contributed by atoms with E-state index in [0.29, 0.717) is 6.54 Å². The van der Waals surface area contributed by atoms with E-state index in [1.807, 2.05) is 36.4 Å². The van der Waals surface area contributed by atoms with E-state index in [1.165, 1.54) is 11.1 Å². The number of rotatable bonds is 4. The number of nitrogens with zero attached hydrogens (tertiary/aromatic N) is 1. The number of benzene rings is 2. The van der Waals surface area contributed by atoms with Gasteiger partial charge in [0.25, 0.3) is 0 Å². The van der Waals surface area contributed by atoms with Crippen molar-refractivity contribution in [3.8, 4) is 0 Å². The first kappa shape index (κ1) is 14.8. The van der Waals surface area contributed by atoms with Crippen molar-refractivity contribution in [2.24, 2.45) is 0 Å². The average Bonchev–Trinajstić information content (AvgIpc) is 2.55. The number of hydrogen-bond acceptors (Lipinski definition) is 3. The van der Waals surface area contributed by atoms with E-state index >= 15 is 0 Å². The summed E-state index contributed by atoms with van der Waals surface area (Å²) in [4.78, 5) is 14.1. The number of ether oxygens (including phenoxy) is 1. The van der Waals surface area contributed by atoms with Crippen molar-refractivity contribution < 1.29 is 9.53 Å². The number of cyclic esters (lactones) is 1. The Morgan fingerprint density at radius 2 is 1.73 bits per heavy atom. The Bertz CT molecular complexity index is 612. The highest BCUT2D eigenvalue weighted by molar-refractivity contribution is 5.72. The third-order valence-corrected chi connectivity index (χ3v) is 4.20. The maximum Gasteiger partial charge on any atom is 0.320 e. The first-order valence-corrected chi connectivity index (χ1v) is 7.75. The molecule has 114 valence electrons. The number of morpholine rings is 1. The van der Waals surface area contributed by atoms with Gasteiger partial charge in [0, 0.05) is 19.0 Å². The lowest BCUT2D eigenvalue weighted by molar-refractivity contribution is -0.160. The fourth-order valence-corrected chi connectivity index (χ4v) is 2.97. The second-order valence-electron chi connectivity index (χ2n) is 5.82. The molecule has 0 aliphatic carbocycles. The summed E-state index contributed by atoms with van der Waals surface area (Å²) in [6, 6.07) is 20.7. The van der Waals surface area contributed by atoms with Crippen molar-refractivity contribution in [2.75, 3.05) is 13.1 Å². The zero-order valence-corrected chi connectivity index (χ0v) is 12.8. The summed E-state index contributed by atoms with van der Waals surface area (Å²) in [6.45, 7) is 3.28. The molecule has 2 aromatic rings. The van der Waals surface area contributed by atoms with E-state index in [9.17, 15) is 4.79 Å². The monoisotopic (exact) mass is 295 g/mol. The molecule has 0 bridgehead atoms. The molecule has 1 aliphatic heterocycles. The minimum absolute atomic E-state index is 0.0742. The minimum atomic E-state index is -0.130. The molecular weight excluding hydrogens is 274 g/mol. The van der Waals surface area contributed by atoms with E-state index in [-0.39, 0.29) is 18.1 Å². The Labute approximate surface area is 131 Å². The summed E-state index contributed by atoms with van der Waals surface area (Å²) in [5.74, 6) is -0.130. The third kappa shape index (κ3) is 3.55. The Balaban J connectivity index is 1.69. The van der Waals surface area contributed by atoms with E-state index in [4.69, 9.17) is 4.74 Å². The van der Waals surface area contributed by atoms with Crippen LogP contribution in [0.15, 0.2) is 60.7 Å². The van der Waals surface area contributed by atoms with E-state index in [0.717, 1.165) is 13.0 Å². The fourth-order valence-electron chi connectivity index (χ4n) is 2.97. The quantitative estimate of drug-likeness (QED) is 0.811. The van der Waals surface area contributed by atoms with Gasteiger partial charge in [-0.2, -0.15) is 0 Å². The molecule has 2 aromatic carbocycles. The predicted molar refractivity (Wildman–Crippen MR) is 86.5 cm³/mol. The molecule has 3 heteroatoms. The van der Waals surface area contributed by atoms with Gasteiger partial charge in [0.2, 0.25) is 0 Å². The molecule has 0 aromatic heterocycles. The van der Waals surface area contributed by atoms with Crippen molar-refractivity contribution in [1.82, 2.24) is 4.90 Å². The standard InChI is InChI=1S/C19H21NO2/c1-15(17-10-6-3-7-11-17)20-13-18(22-19(21)14-20)12-16-8-4-2-5-9-16/h2-11,15,18H,12-14H2,1H3. The molecule has 0 N–H and O–H groups in total. The van der Waals surface area contributed by atoms with Gasteiger partial charge in [-0.15, -0.1) is 0 Å². The van der Waals surface area contributed by atoms with Gasteiger partial charge in [0.1, 0.15) is 6.10 Å². The van der Waals surface area contributed by atoms with Gasteiger partial charge in [0.05, 0.1) is 6.54 Å². The van der Waals surface area contributed by atoms with Crippen LogP contribution >= 0.6 is 0 Å². The van der Waals surface area contributed by atoms with E-state index < -0.39 is 0 Å². The number of carbonyl (C=O) groups is 1. The second kappa shape index (κ2) is 6.75. The smallest absolute Gasteiger partial charge is 0.320 e. The van der Waals surface area contributed by atoms with Crippen molar-refractivity contribution in [3.63, 3.8) is 0 Å². The highest BCUT2D eigenvalue weighted by atomic mass is 16.5. The van der Waals surface area contributed by atoms with Gasteiger partial charge in [-0.05, 0) is 18.1 Å². The highest BCUT2D eigenvalue weighted by Gasteiger charge is 2.30. The van der Waals surface area contributed by atoms with Crippen LogP contribution < -0.4 is 0 Å². The molecule has 0 amide bonds. The zero-order chi connectivity index (χ0) is 15.4. The van der Waals surface area contributed by atoms with Crippen LogP contribution in [-0.4, -0.2) is 30.1 Å². The van der Waals surface area contributed by atoms with Crippen LogP contribution in [0.25, 0.3) is 0 Å². The Kier molecular flexibility index (Phi) is 4.54. The summed E-state index contributed by atoms with van der Waals surface area (Å²) in [5.41, 5.74) is 2.44. The van der Waals surface area contributed by atoms with Crippen LogP contribution in [0.1, 0.15) is 24.1 Å². The van der Waals surface area contributed by atoms with Crippen molar-refractivity contribution >= 4 is 5.97 Å². The lowest BCUT2D eigenvalue weighted by Crippen LogP contribution is -2.47. The molecule has 2 atom stereocenters. The maximum absolute atomic E-state index is 11.9. The van der Waals surface area contributed by atoms with Gasteiger partial charge < -0.3 is 4.74 Å². The lowest BCUT2D eigenvalue weighted by atomic mass is 10.0. The number of carbonyl (C=O) groups excluding carboxylic acids is 1. The average molecular weight is 295 g/mol. The van der Waals surface area contributed by atoms with Gasteiger partial charge in [-0.3, -0.25) is 9.69 Å². The Morgan fingerprint density at radius 3 is 2.41 bits per heavy atom. The highest BCUT2D eigenvalue weighted by Crippen LogP contribution is 2.23. The Hall–Kier alpha value is -2.13. The SMILES string of the molecule is CC(c1ccccc1)N1CC(=O)OC(Cc2ccccc2)C1. The molecule has 3 rings (SSSR count). The van der Waals surface area contributed by atoms with Crippen LogP contribution in [0.5, 0.6) is 0 Å². The topological polar surface area (TPSA) is 29.5 Å². The van der Waals surface area contributed by atoms with Gasteiger partial charge in [-0.25, -0.2) is 0 Å². The van der Waals surface area contributed by atoms with Crippen LogP contribution in [0, 0.1) is 0 Å². The Morgan fingerprint density at radius 1 is 1.09 bits per heavy atom. The molecule has 0 saturated carbocycles. The summed E-state index contributed by atoms with van der Waals surface area (Å²) in [6.07, 6.45) is 0.694. The summed E-state index contributed by atoms with van der Waals surface area (Å²) < 4.78 is 5.53. The van der Waals surface area contributed by atoms with E-state index in [1.54, 1.807) is 0 Å². The molecule has 1 saturated heterocycles. The summed E-state index contributed by atoms with van der Waals surface area (Å²) >= 11 is 0. The van der Waals surface area contributed by atoms with Gasteiger partial charge >= 0.3 is 5.97 Å². The zero-order valence-electron chi connectivity index (χ0n) is 12.8. The third-order valence-electron chi connectivity index (χ3n) is 4.20. The number of esters is 1. The molecule has 0 spiro atoms. The summed E-state index contributed by atoms with van der Waals surface area (Å²) in [5, 5.41) is 0. The van der Waals surface area contributed by atoms with Crippen LogP contribution in [-0.2, 0) is 16.0 Å². The first-order chi connectivity index (χ1) is 10.7. The van der Waals surface area contributed by atoms with Crippen molar-refractivity contribution in [1.29, 1.82) is 0 Å². The molecule has 22 heavy (non-hydrogen) atoms. The number of hydrogen-bond donors (Lipinski definition) is 0. The lowest BCUT2D eigenvalue weighted by Gasteiger charge is -2.36. The molecule has 1 fully saturated rings. The molecule has 1 aliphatic rings. The normalized spacial score (nSPS) is 20.4. The minimum Gasteiger partial charge on any atom is -0.460 e. The van der Waals surface area contributed by atoms with Crippen LogP contribution in [0.2, 0.25) is 0 Å². The van der Waals surface area contributed by atoms with Gasteiger partial charge in [0.15, 0.2) is 0 Å². The molecule has 2 unspecified atom stereocenters. The van der Waals surface area contributed by atoms with Crippen LogP contribution in [0.4, 0.5) is 0 Å². The second-order valence-corrected chi connectivity index (χ2v) is 5.82. The molecule has 1 heterocycles. The predicted octanol–water partition coefficient (Wildman–Crippen LogP) is 3.22. The molecule has 0 radical (unpaired) electrons.